The molecular formula is C22H19N5O3S. The van der Waals surface area contributed by atoms with Gasteiger partial charge in [0.25, 0.3) is 0 Å². The summed E-state index contributed by atoms with van der Waals surface area (Å²) >= 11 is 0. The van der Waals surface area contributed by atoms with Gasteiger partial charge >= 0.3 is 0 Å². The zero-order chi connectivity index (χ0) is 22.2. The molecule has 0 aliphatic rings. The van der Waals surface area contributed by atoms with E-state index in [9.17, 15) is 8.42 Å². The van der Waals surface area contributed by atoms with E-state index in [1.54, 1.807) is 53.2 Å². The SMILES string of the molecule is Cc1ccc(S(C)(=O)=O)cc1-c1cnc2c(N)nc(-c3cccc(OCC#N)c3)cn12. The molecule has 0 aliphatic heterocycles. The summed E-state index contributed by atoms with van der Waals surface area (Å²) in [6.45, 7) is 1.85. The fraction of sp³-hybridized carbons (Fsp3) is 0.136. The van der Waals surface area contributed by atoms with Gasteiger partial charge in [0.1, 0.15) is 11.8 Å². The lowest BCUT2D eigenvalue weighted by molar-refractivity contribution is 0.368. The van der Waals surface area contributed by atoms with Crippen LogP contribution in [0.25, 0.3) is 28.2 Å². The molecule has 31 heavy (non-hydrogen) atoms. The Morgan fingerprint density at radius 3 is 2.77 bits per heavy atom. The Labute approximate surface area is 179 Å². The van der Waals surface area contributed by atoms with Crippen molar-refractivity contribution in [2.24, 2.45) is 0 Å². The number of aromatic nitrogens is 3. The van der Waals surface area contributed by atoms with Gasteiger partial charge in [-0.25, -0.2) is 18.4 Å². The predicted octanol–water partition coefficient (Wildman–Crippen LogP) is 3.26. The molecule has 8 nitrogen and oxygen atoms in total. The lowest BCUT2D eigenvalue weighted by atomic mass is 10.1. The molecule has 9 heteroatoms. The number of imidazole rings is 1. The quantitative estimate of drug-likeness (QED) is 0.512. The summed E-state index contributed by atoms with van der Waals surface area (Å²) < 4.78 is 31.3. The summed E-state index contributed by atoms with van der Waals surface area (Å²) in [7, 11) is -3.36. The highest BCUT2D eigenvalue weighted by molar-refractivity contribution is 7.90. The number of ether oxygens (including phenoxy) is 1. The Morgan fingerprint density at radius 2 is 2.03 bits per heavy atom. The number of nitrogens with zero attached hydrogens (tertiary/aromatic N) is 4. The van der Waals surface area contributed by atoms with Crippen LogP contribution in [0.4, 0.5) is 5.82 Å². The van der Waals surface area contributed by atoms with Crippen LogP contribution in [0.5, 0.6) is 5.75 Å². The van der Waals surface area contributed by atoms with E-state index in [0.29, 0.717) is 22.8 Å². The number of nitrogen functional groups attached to an aromatic ring is 1. The topological polar surface area (TPSA) is 123 Å². The first kappa shape index (κ1) is 20.4. The second kappa shape index (κ2) is 7.74. The van der Waals surface area contributed by atoms with Crippen LogP contribution in [-0.4, -0.2) is 35.6 Å². The molecule has 2 aromatic carbocycles. The number of anilines is 1. The van der Waals surface area contributed by atoms with Gasteiger partial charge in [0, 0.05) is 23.6 Å². The van der Waals surface area contributed by atoms with Crippen LogP contribution in [0.3, 0.4) is 0 Å². The molecular weight excluding hydrogens is 414 g/mol. The molecule has 0 atom stereocenters. The standard InChI is InChI=1S/C22H19N5O3S/c1-14-6-7-17(31(2,28)29)11-18(14)20-12-25-22-21(24)26-19(13-27(20)22)15-4-3-5-16(10-15)30-9-8-23/h3-7,10-13H,9H2,1-2H3,(H2,24,26). The number of nitriles is 1. The first-order chi connectivity index (χ1) is 14.8. The Hall–Kier alpha value is -3.90. The lowest BCUT2D eigenvalue weighted by Crippen LogP contribution is -2.02. The van der Waals surface area contributed by atoms with E-state index in [1.165, 1.54) is 6.26 Å². The average Bonchev–Trinajstić information content (AvgIpc) is 3.16. The van der Waals surface area contributed by atoms with Gasteiger partial charge in [-0.15, -0.1) is 0 Å². The fourth-order valence-corrected chi connectivity index (χ4v) is 3.97. The van der Waals surface area contributed by atoms with E-state index in [-0.39, 0.29) is 17.3 Å². The minimum Gasteiger partial charge on any atom is -0.479 e. The highest BCUT2D eigenvalue weighted by Gasteiger charge is 2.16. The van der Waals surface area contributed by atoms with Crippen molar-refractivity contribution in [1.82, 2.24) is 14.4 Å². The van der Waals surface area contributed by atoms with Crippen LogP contribution in [0.1, 0.15) is 5.56 Å². The highest BCUT2D eigenvalue weighted by atomic mass is 32.2. The van der Waals surface area contributed by atoms with Crippen molar-refractivity contribution in [2.45, 2.75) is 11.8 Å². The molecule has 0 aliphatic carbocycles. The first-order valence-electron chi connectivity index (χ1n) is 9.33. The van der Waals surface area contributed by atoms with Crippen molar-refractivity contribution in [3.63, 3.8) is 0 Å². The van der Waals surface area contributed by atoms with E-state index >= 15 is 0 Å². The lowest BCUT2D eigenvalue weighted by Gasteiger charge is -2.11. The van der Waals surface area contributed by atoms with Crippen LogP contribution < -0.4 is 10.5 Å². The number of nitrogens with two attached hydrogens (primary N) is 1. The van der Waals surface area contributed by atoms with Crippen LogP contribution in [0.15, 0.2) is 59.8 Å². The third-order valence-corrected chi connectivity index (χ3v) is 5.97. The van der Waals surface area contributed by atoms with Crippen molar-refractivity contribution in [3.8, 4) is 34.3 Å². The van der Waals surface area contributed by atoms with Gasteiger partial charge < -0.3 is 10.5 Å². The Bertz CT molecular complexity index is 1450. The molecule has 156 valence electrons. The second-order valence-electron chi connectivity index (χ2n) is 7.07. The molecule has 2 N–H and O–H groups in total. The van der Waals surface area contributed by atoms with Gasteiger partial charge in [-0.3, -0.25) is 4.40 Å². The normalized spacial score (nSPS) is 11.4. The third-order valence-electron chi connectivity index (χ3n) is 4.86. The summed E-state index contributed by atoms with van der Waals surface area (Å²) in [5, 5.41) is 8.72. The van der Waals surface area contributed by atoms with Crippen molar-refractivity contribution < 1.29 is 13.2 Å². The Balaban J connectivity index is 1.88. The molecule has 0 saturated heterocycles. The molecule has 0 saturated carbocycles. The van der Waals surface area contributed by atoms with Gasteiger partial charge in [0.15, 0.2) is 27.9 Å². The number of hydrogen-bond acceptors (Lipinski definition) is 7. The minimum absolute atomic E-state index is 0.0559. The van der Waals surface area contributed by atoms with E-state index < -0.39 is 9.84 Å². The summed E-state index contributed by atoms with van der Waals surface area (Å²) in [6, 6.07) is 14.1. The van der Waals surface area contributed by atoms with Crippen molar-refractivity contribution in [2.75, 3.05) is 18.6 Å². The van der Waals surface area contributed by atoms with Crippen LogP contribution >= 0.6 is 0 Å². The second-order valence-corrected chi connectivity index (χ2v) is 9.09. The van der Waals surface area contributed by atoms with E-state index in [1.807, 2.05) is 19.1 Å². The number of hydrogen-bond donors (Lipinski definition) is 1. The smallest absolute Gasteiger partial charge is 0.180 e. The number of fused-ring (bicyclic) bond motifs is 1. The predicted molar refractivity (Wildman–Crippen MR) is 117 cm³/mol. The molecule has 0 bridgehead atoms. The van der Waals surface area contributed by atoms with Gasteiger partial charge in [-0.05, 0) is 36.8 Å². The summed E-state index contributed by atoms with van der Waals surface area (Å²) in [5.41, 5.74) is 10.3. The largest absolute Gasteiger partial charge is 0.479 e. The number of benzene rings is 2. The summed E-state index contributed by atoms with van der Waals surface area (Å²) in [6.07, 6.45) is 4.62. The minimum atomic E-state index is -3.36. The molecule has 0 unspecified atom stereocenters. The van der Waals surface area contributed by atoms with Crippen molar-refractivity contribution >= 4 is 21.3 Å². The Kier molecular flexibility index (Phi) is 5.09. The van der Waals surface area contributed by atoms with Crippen LogP contribution in [0.2, 0.25) is 0 Å². The van der Waals surface area contributed by atoms with Gasteiger partial charge in [0.2, 0.25) is 0 Å². The molecule has 4 rings (SSSR count). The molecule has 4 aromatic rings. The summed E-state index contributed by atoms with van der Waals surface area (Å²) in [4.78, 5) is 9.07. The third kappa shape index (κ3) is 3.93. The average molecular weight is 433 g/mol. The zero-order valence-corrected chi connectivity index (χ0v) is 17.7. The van der Waals surface area contributed by atoms with Crippen molar-refractivity contribution in [1.29, 1.82) is 5.26 Å². The summed E-state index contributed by atoms with van der Waals surface area (Å²) in [5.74, 6) is 0.783. The van der Waals surface area contributed by atoms with Gasteiger partial charge in [-0.1, -0.05) is 18.2 Å². The van der Waals surface area contributed by atoms with E-state index in [2.05, 4.69) is 9.97 Å². The zero-order valence-electron chi connectivity index (χ0n) is 16.9. The van der Waals surface area contributed by atoms with E-state index in [4.69, 9.17) is 15.7 Å². The molecule has 0 radical (unpaired) electrons. The molecule has 0 amide bonds. The highest BCUT2D eigenvalue weighted by Crippen LogP contribution is 2.30. The molecule has 0 spiro atoms. The monoisotopic (exact) mass is 433 g/mol. The Morgan fingerprint density at radius 1 is 1.23 bits per heavy atom. The first-order valence-corrected chi connectivity index (χ1v) is 11.2. The number of aryl methyl sites for hydroxylation is 1. The fourth-order valence-electron chi connectivity index (χ4n) is 3.32. The van der Waals surface area contributed by atoms with Gasteiger partial charge in [0.05, 0.1) is 22.5 Å². The number of sulfone groups is 1. The number of rotatable bonds is 5. The molecule has 2 aromatic heterocycles. The van der Waals surface area contributed by atoms with Crippen LogP contribution in [-0.2, 0) is 9.84 Å². The van der Waals surface area contributed by atoms with Crippen LogP contribution in [0, 0.1) is 18.3 Å². The van der Waals surface area contributed by atoms with Gasteiger partial charge in [-0.2, -0.15) is 5.26 Å². The molecule has 2 heterocycles. The maximum Gasteiger partial charge on any atom is 0.180 e. The van der Waals surface area contributed by atoms with E-state index in [0.717, 1.165) is 16.7 Å². The molecule has 0 fully saturated rings. The van der Waals surface area contributed by atoms with Crippen molar-refractivity contribution in [3.05, 3.63) is 60.4 Å². The maximum atomic E-state index is 12.0. The maximum absolute atomic E-state index is 12.0.